The van der Waals surface area contributed by atoms with E-state index in [9.17, 15) is 8.42 Å². The van der Waals surface area contributed by atoms with Gasteiger partial charge in [0.15, 0.2) is 0 Å². The molecule has 1 heterocycles. The number of sulfonamides is 1. The van der Waals surface area contributed by atoms with Crippen molar-refractivity contribution in [3.05, 3.63) is 29.8 Å². The van der Waals surface area contributed by atoms with E-state index in [1.165, 1.54) is 16.7 Å². The highest BCUT2D eigenvalue weighted by atomic mass is 32.2. The van der Waals surface area contributed by atoms with Gasteiger partial charge in [-0.25, -0.2) is 12.7 Å². The maximum Gasteiger partial charge on any atom is 0.211 e. The molecule has 124 valence electrons. The molecule has 1 aromatic rings. The van der Waals surface area contributed by atoms with Crippen LogP contribution >= 0.6 is 11.8 Å². The lowest BCUT2D eigenvalue weighted by Gasteiger charge is -2.19. The average molecular weight is 343 g/mol. The molecule has 0 bridgehead atoms. The van der Waals surface area contributed by atoms with Gasteiger partial charge in [0, 0.05) is 24.0 Å². The Kier molecular flexibility index (Phi) is 6.32. The van der Waals surface area contributed by atoms with E-state index < -0.39 is 10.0 Å². The van der Waals surface area contributed by atoms with Gasteiger partial charge in [0.25, 0.3) is 0 Å². The van der Waals surface area contributed by atoms with Crippen molar-refractivity contribution in [3.63, 3.8) is 0 Å². The largest absolute Gasteiger partial charge is 0.314 e. The van der Waals surface area contributed by atoms with Gasteiger partial charge in [-0.05, 0) is 50.1 Å². The van der Waals surface area contributed by atoms with Crippen LogP contribution in [0.15, 0.2) is 29.2 Å². The Labute approximate surface area is 138 Å². The predicted molar refractivity (Wildman–Crippen MR) is 93.9 cm³/mol. The lowest BCUT2D eigenvalue weighted by molar-refractivity contribution is 0.427. The summed E-state index contributed by atoms with van der Waals surface area (Å²) in [7, 11) is -3.03. The van der Waals surface area contributed by atoms with Gasteiger partial charge in [0.05, 0.1) is 6.26 Å². The lowest BCUT2D eigenvalue weighted by atomic mass is 10.1. The molecule has 0 amide bonds. The van der Waals surface area contributed by atoms with Gasteiger partial charge in [-0.3, -0.25) is 0 Å². The van der Waals surface area contributed by atoms with Crippen molar-refractivity contribution in [2.24, 2.45) is 5.92 Å². The van der Waals surface area contributed by atoms with Crippen molar-refractivity contribution in [1.29, 1.82) is 0 Å². The van der Waals surface area contributed by atoms with Gasteiger partial charge in [-0.2, -0.15) is 0 Å². The molecule has 1 aromatic carbocycles. The quantitative estimate of drug-likeness (QED) is 0.772. The summed E-state index contributed by atoms with van der Waals surface area (Å²) in [6.45, 7) is 4.39. The Morgan fingerprint density at radius 2 is 2.14 bits per heavy atom. The number of benzene rings is 1. The van der Waals surface area contributed by atoms with Gasteiger partial charge >= 0.3 is 0 Å². The van der Waals surface area contributed by atoms with Crippen LogP contribution in [-0.4, -0.2) is 50.9 Å². The summed E-state index contributed by atoms with van der Waals surface area (Å²) in [6, 6.07) is 8.90. The van der Waals surface area contributed by atoms with E-state index >= 15 is 0 Å². The molecule has 2 atom stereocenters. The van der Waals surface area contributed by atoms with Gasteiger partial charge in [0.2, 0.25) is 10.0 Å². The average Bonchev–Trinajstić information content (AvgIpc) is 2.95. The number of nitrogens with zero attached hydrogens (tertiary/aromatic N) is 1. The Morgan fingerprint density at radius 1 is 1.41 bits per heavy atom. The first kappa shape index (κ1) is 17.8. The Morgan fingerprint density at radius 3 is 2.77 bits per heavy atom. The third kappa shape index (κ3) is 4.98. The standard InChI is InChI=1S/C16H26N2O2S2/c1-13(10-15-6-4-5-7-16(15)21-2)17-11-14-8-9-18(12-14)22(3,19)20/h4-7,13-14,17H,8-12H2,1-3H3/t13-,14-/m0/s1. The van der Waals surface area contributed by atoms with Crippen LogP contribution in [0.25, 0.3) is 0 Å². The van der Waals surface area contributed by atoms with E-state index in [2.05, 4.69) is 42.8 Å². The number of hydrogen-bond donors (Lipinski definition) is 1. The third-order valence-electron chi connectivity index (χ3n) is 4.19. The maximum atomic E-state index is 11.5. The second-order valence-electron chi connectivity index (χ2n) is 6.10. The van der Waals surface area contributed by atoms with Crippen LogP contribution in [0.2, 0.25) is 0 Å². The highest BCUT2D eigenvalue weighted by Gasteiger charge is 2.28. The van der Waals surface area contributed by atoms with Crippen molar-refractivity contribution in [2.75, 3.05) is 32.1 Å². The van der Waals surface area contributed by atoms with Crippen LogP contribution in [0.4, 0.5) is 0 Å². The van der Waals surface area contributed by atoms with E-state index in [0.29, 0.717) is 25.0 Å². The van der Waals surface area contributed by atoms with Gasteiger partial charge in [-0.1, -0.05) is 18.2 Å². The molecular formula is C16H26N2O2S2. The molecule has 0 aromatic heterocycles. The van der Waals surface area contributed by atoms with E-state index in [1.54, 1.807) is 16.1 Å². The Bertz CT molecular complexity index is 590. The summed E-state index contributed by atoms with van der Waals surface area (Å²) < 4.78 is 24.7. The lowest BCUT2D eigenvalue weighted by Crippen LogP contribution is -2.34. The van der Waals surface area contributed by atoms with E-state index in [4.69, 9.17) is 0 Å². The molecule has 4 nitrogen and oxygen atoms in total. The molecule has 1 aliphatic heterocycles. The van der Waals surface area contributed by atoms with Crippen LogP contribution < -0.4 is 5.32 Å². The summed E-state index contributed by atoms with van der Waals surface area (Å²) in [5, 5.41) is 3.57. The fourth-order valence-electron chi connectivity index (χ4n) is 2.91. The van der Waals surface area contributed by atoms with Crippen LogP contribution in [0, 0.1) is 5.92 Å². The second kappa shape index (κ2) is 7.81. The van der Waals surface area contributed by atoms with Gasteiger partial charge in [0.1, 0.15) is 0 Å². The fraction of sp³-hybridized carbons (Fsp3) is 0.625. The molecule has 22 heavy (non-hydrogen) atoms. The maximum absolute atomic E-state index is 11.5. The molecule has 1 aliphatic rings. The predicted octanol–water partition coefficient (Wildman–Crippen LogP) is 2.21. The third-order valence-corrected chi connectivity index (χ3v) is 6.30. The summed E-state index contributed by atoms with van der Waals surface area (Å²) in [5.74, 6) is 0.424. The van der Waals surface area contributed by atoms with Crippen LogP contribution in [-0.2, 0) is 16.4 Å². The zero-order valence-corrected chi connectivity index (χ0v) is 15.2. The van der Waals surface area contributed by atoms with Crippen molar-refractivity contribution in [3.8, 4) is 0 Å². The normalized spacial score (nSPS) is 21.1. The molecule has 0 radical (unpaired) electrons. The monoisotopic (exact) mass is 342 g/mol. The molecular weight excluding hydrogens is 316 g/mol. The number of nitrogens with one attached hydrogen (secondary N) is 1. The molecule has 2 rings (SSSR count). The van der Waals surface area contributed by atoms with E-state index in [-0.39, 0.29) is 0 Å². The molecule has 1 N–H and O–H groups in total. The van der Waals surface area contributed by atoms with E-state index in [0.717, 1.165) is 19.4 Å². The summed E-state index contributed by atoms with van der Waals surface area (Å²) in [5.41, 5.74) is 1.37. The fourth-order valence-corrected chi connectivity index (χ4v) is 4.45. The molecule has 1 fully saturated rings. The SMILES string of the molecule is CSc1ccccc1C[C@H](C)NC[C@@H]1CCN(S(C)(=O)=O)C1. The highest BCUT2D eigenvalue weighted by Crippen LogP contribution is 2.22. The molecule has 0 aliphatic carbocycles. The van der Waals surface area contributed by atoms with E-state index in [1.807, 2.05) is 0 Å². The first-order valence-corrected chi connectivity index (χ1v) is 10.8. The van der Waals surface area contributed by atoms with Gasteiger partial charge in [-0.15, -0.1) is 11.8 Å². The zero-order chi connectivity index (χ0) is 16.2. The van der Waals surface area contributed by atoms with Crippen molar-refractivity contribution in [1.82, 2.24) is 9.62 Å². The van der Waals surface area contributed by atoms with Crippen molar-refractivity contribution >= 4 is 21.8 Å². The number of hydrogen-bond acceptors (Lipinski definition) is 4. The summed E-state index contributed by atoms with van der Waals surface area (Å²) in [6.07, 6.45) is 5.35. The molecule has 0 saturated carbocycles. The minimum absolute atomic E-state index is 0.389. The Balaban J connectivity index is 1.80. The van der Waals surface area contributed by atoms with Crippen LogP contribution in [0.3, 0.4) is 0 Å². The highest BCUT2D eigenvalue weighted by molar-refractivity contribution is 7.98. The van der Waals surface area contributed by atoms with Crippen LogP contribution in [0.5, 0.6) is 0 Å². The molecule has 0 unspecified atom stereocenters. The van der Waals surface area contributed by atoms with Crippen molar-refractivity contribution < 1.29 is 8.42 Å². The summed E-state index contributed by atoms with van der Waals surface area (Å²) >= 11 is 1.78. The molecule has 6 heteroatoms. The topological polar surface area (TPSA) is 49.4 Å². The molecule has 0 spiro atoms. The smallest absolute Gasteiger partial charge is 0.211 e. The van der Waals surface area contributed by atoms with Gasteiger partial charge < -0.3 is 5.32 Å². The zero-order valence-electron chi connectivity index (χ0n) is 13.6. The number of thioether (sulfide) groups is 1. The van der Waals surface area contributed by atoms with Crippen LogP contribution in [0.1, 0.15) is 18.9 Å². The minimum Gasteiger partial charge on any atom is -0.314 e. The Hall–Kier alpha value is -0.560. The number of rotatable bonds is 7. The first-order chi connectivity index (χ1) is 10.4. The second-order valence-corrected chi connectivity index (χ2v) is 8.93. The minimum atomic E-state index is -3.03. The molecule has 1 saturated heterocycles. The summed E-state index contributed by atoms with van der Waals surface area (Å²) in [4.78, 5) is 1.33. The first-order valence-electron chi connectivity index (χ1n) is 7.70. The van der Waals surface area contributed by atoms with Crippen molar-refractivity contribution in [2.45, 2.75) is 30.7 Å².